The van der Waals surface area contributed by atoms with Crippen molar-refractivity contribution >= 4 is 46.0 Å². The Bertz CT molecular complexity index is 788. The van der Waals surface area contributed by atoms with Gasteiger partial charge in [0.2, 0.25) is 0 Å². The maximum atomic E-state index is 6.16. The Hall–Kier alpha value is -1.30. The molecule has 21 heavy (non-hydrogen) atoms. The molecule has 0 fully saturated rings. The fourth-order valence-electron chi connectivity index (χ4n) is 1.96. The molecule has 0 saturated carbocycles. The van der Waals surface area contributed by atoms with Crippen LogP contribution in [0.3, 0.4) is 0 Å². The molecule has 0 N–H and O–H groups in total. The van der Waals surface area contributed by atoms with Crippen LogP contribution in [-0.4, -0.2) is 19.7 Å². The summed E-state index contributed by atoms with van der Waals surface area (Å²) in [6.45, 7) is 0. The smallest absolute Gasteiger partial charge is 0.162 e. The predicted molar refractivity (Wildman–Crippen MR) is 87.8 cm³/mol. The van der Waals surface area contributed by atoms with Crippen molar-refractivity contribution in [2.45, 2.75) is 11.5 Å². The van der Waals surface area contributed by atoms with E-state index in [0.29, 0.717) is 16.7 Å². The SMILES string of the molecule is Cn1ncc2c(Cl)nc(CSCc3ccccc3Cl)nc21. The first kappa shape index (κ1) is 14.6. The third-order valence-corrected chi connectivity index (χ3v) is 4.67. The molecule has 0 unspecified atom stereocenters. The van der Waals surface area contributed by atoms with Crippen LogP contribution in [0, 0.1) is 0 Å². The highest BCUT2D eigenvalue weighted by Gasteiger charge is 2.10. The highest BCUT2D eigenvalue weighted by molar-refractivity contribution is 7.97. The molecule has 0 radical (unpaired) electrons. The number of rotatable bonds is 4. The molecule has 0 saturated heterocycles. The average Bonchev–Trinajstić information content (AvgIpc) is 2.83. The first-order valence-electron chi connectivity index (χ1n) is 6.30. The van der Waals surface area contributed by atoms with Crippen molar-refractivity contribution in [2.24, 2.45) is 7.05 Å². The molecule has 0 amide bonds. The first-order chi connectivity index (χ1) is 10.1. The van der Waals surface area contributed by atoms with E-state index in [2.05, 4.69) is 15.1 Å². The lowest BCUT2D eigenvalue weighted by Crippen LogP contribution is -1.98. The molecule has 3 rings (SSSR count). The van der Waals surface area contributed by atoms with Crippen LogP contribution in [-0.2, 0) is 18.6 Å². The van der Waals surface area contributed by atoms with Crippen molar-refractivity contribution in [3.63, 3.8) is 0 Å². The zero-order valence-electron chi connectivity index (χ0n) is 11.3. The van der Waals surface area contributed by atoms with Gasteiger partial charge >= 0.3 is 0 Å². The number of thioether (sulfide) groups is 1. The molecule has 1 aromatic carbocycles. The Morgan fingerprint density at radius 2 is 1.95 bits per heavy atom. The average molecular weight is 339 g/mol. The Labute approximate surface area is 136 Å². The minimum atomic E-state index is 0.446. The highest BCUT2D eigenvalue weighted by Crippen LogP contribution is 2.24. The second-order valence-corrected chi connectivity index (χ2v) is 6.27. The van der Waals surface area contributed by atoms with Gasteiger partial charge in [0.15, 0.2) is 5.65 Å². The molecule has 108 valence electrons. The summed E-state index contributed by atoms with van der Waals surface area (Å²) in [5.41, 5.74) is 1.86. The minimum Gasteiger partial charge on any atom is -0.250 e. The Balaban J connectivity index is 1.74. The van der Waals surface area contributed by atoms with E-state index in [1.54, 1.807) is 22.6 Å². The lowest BCUT2D eigenvalue weighted by Gasteiger charge is -2.04. The number of benzene rings is 1. The zero-order valence-corrected chi connectivity index (χ0v) is 13.6. The van der Waals surface area contributed by atoms with E-state index in [1.165, 1.54) is 0 Å². The monoisotopic (exact) mass is 338 g/mol. The van der Waals surface area contributed by atoms with Gasteiger partial charge in [-0.25, -0.2) is 9.97 Å². The second kappa shape index (κ2) is 6.22. The molecule has 0 aliphatic heterocycles. The fraction of sp³-hybridized carbons (Fsp3) is 0.214. The molecular formula is C14H12Cl2N4S. The predicted octanol–water partition coefficient (Wildman–Crippen LogP) is 4.10. The summed E-state index contributed by atoms with van der Waals surface area (Å²) >= 11 is 14.0. The van der Waals surface area contributed by atoms with Gasteiger partial charge in [0.25, 0.3) is 0 Å². The van der Waals surface area contributed by atoms with Crippen LogP contribution in [0.25, 0.3) is 11.0 Å². The number of aromatic nitrogens is 4. The van der Waals surface area contributed by atoms with Crippen LogP contribution in [0.2, 0.25) is 10.2 Å². The first-order valence-corrected chi connectivity index (χ1v) is 8.21. The lowest BCUT2D eigenvalue weighted by atomic mass is 10.2. The summed E-state index contributed by atoms with van der Waals surface area (Å²) in [5.74, 6) is 2.18. The normalized spacial score (nSPS) is 11.2. The van der Waals surface area contributed by atoms with Crippen LogP contribution in [0.1, 0.15) is 11.4 Å². The quantitative estimate of drug-likeness (QED) is 0.671. The summed E-state index contributed by atoms with van der Waals surface area (Å²) in [5, 5.41) is 6.15. The number of hydrogen-bond acceptors (Lipinski definition) is 4. The summed E-state index contributed by atoms with van der Waals surface area (Å²) in [6, 6.07) is 7.83. The molecule has 0 atom stereocenters. The Morgan fingerprint density at radius 1 is 1.14 bits per heavy atom. The molecule has 0 aliphatic carbocycles. The topological polar surface area (TPSA) is 43.6 Å². The summed E-state index contributed by atoms with van der Waals surface area (Å²) in [4.78, 5) is 8.82. The van der Waals surface area contributed by atoms with Gasteiger partial charge in [-0.1, -0.05) is 41.4 Å². The molecule has 0 spiro atoms. The van der Waals surface area contributed by atoms with Gasteiger partial charge in [0.1, 0.15) is 11.0 Å². The molecule has 4 nitrogen and oxygen atoms in total. The van der Waals surface area contributed by atoms with E-state index >= 15 is 0 Å². The molecule has 3 aromatic rings. The van der Waals surface area contributed by atoms with E-state index in [9.17, 15) is 0 Å². The van der Waals surface area contributed by atoms with Gasteiger partial charge in [-0.3, -0.25) is 4.68 Å². The standard InChI is InChI=1S/C14H12Cl2N4S/c1-20-14-10(6-17-20)13(16)18-12(19-14)8-21-7-9-4-2-3-5-11(9)15/h2-6H,7-8H2,1H3. The summed E-state index contributed by atoms with van der Waals surface area (Å²) < 4.78 is 1.70. The van der Waals surface area contributed by atoms with Gasteiger partial charge in [-0.2, -0.15) is 5.10 Å². The van der Waals surface area contributed by atoms with Crippen molar-refractivity contribution in [1.82, 2.24) is 19.7 Å². The van der Waals surface area contributed by atoms with E-state index in [4.69, 9.17) is 23.2 Å². The maximum Gasteiger partial charge on any atom is 0.162 e. The highest BCUT2D eigenvalue weighted by atomic mass is 35.5. The number of nitrogens with zero attached hydrogens (tertiary/aromatic N) is 4. The van der Waals surface area contributed by atoms with Gasteiger partial charge in [-0.05, 0) is 11.6 Å². The number of halogens is 2. The lowest BCUT2D eigenvalue weighted by molar-refractivity contribution is 0.782. The van der Waals surface area contributed by atoms with Crippen LogP contribution in [0.5, 0.6) is 0 Å². The molecule has 2 heterocycles. The summed E-state index contributed by atoms with van der Waals surface area (Å²) in [6.07, 6.45) is 1.68. The van der Waals surface area contributed by atoms with Gasteiger partial charge < -0.3 is 0 Å². The third kappa shape index (κ3) is 3.15. The number of fused-ring (bicyclic) bond motifs is 1. The molecule has 0 aliphatic rings. The van der Waals surface area contributed by atoms with Crippen molar-refractivity contribution in [3.05, 3.63) is 52.0 Å². The fourth-order valence-corrected chi connectivity index (χ4v) is 3.36. The van der Waals surface area contributed by atoms with Crippen LogP contribution < -0.4 is 0 Å². The Morgan fingerprint density at radius 3 is 2.76 bits per heavy atom. The number of aryl methyl sites for hydroxylation is 1. The van der Waals surface area contributed by atoms with E-state index in [-0.39, 0.29) is 0 Å². The Kier molecular flexibility index (Phi) is 4.33. The van der Waals surface area contributed by atoms with Crippen LogP contribution in [0.15, 0.2) is 30.5 Å². The molecule has 2 aromatic heterocycles. The van der Waals surface area contributed by atoms with Crippen LogP contribution >= 0.6 is 35.0 Å². The van der Waals surface area contributed by atoms with Gasteiger partial charge in [-0.15, -0.1) is 11.8 Å². The summed E-state index contributed by atoms with van der Waals surface area (Å²) in [7, 11) is 1.84. The third-order valence-electron chi connectivity index (χ3n) is 3.04. The molecular weight excluding hydrogens is 327 g/mol. The van der Waals surface area contributed by atoms with E-state index in [1.807, 2.05) is 31.3 Å². The largest absolute Gasteiger partial charge is 0.250 e. The molecule has 0 bridgehead atoms. The van der Waals surface area contributed by atoms with Crippen molar-refractivity contribution < 1.29 is 0 Å². The number of hydrogen-bond donors (Lipinski definition) is 0. The van der Waals surface area contributed by atoms with Gasteiger partial charge in [0, 0.05) is 17.8 Å². The maximum absolute atomic E-state index is 6.16. The second-order valence-electron chi connectivity index (χ2n) is 4.52. The van der Waals surface area contributed by atoms with Crippen molar-refractivity contribution in [3.8, 4) is 0 Å². The van der Waals surface area contributed by atoms with Crippen molar-refractivity contribution in [2.75, 3.05) is 0 Å². The van der Waals surface area contributed by atoms with Gasteiger partial charge in [0.05, 0.1) is 17.3 Å². The minimum absolute atomic E-state index is 0.446. The van der Waals surface area contributed by atoms with Crippen molar-refractivity contribution in [1.29, 1.82) is 0 Å². The van der Waals surface area contributed by atoms with E-state index < -0.39 is 0 Å². The molecule has 7 heteroatoms. The van der Waals surface area contributed by atoms with Crippen LogP contribution in [0.4, 0.5) is 0 Å². The van der Waals surface area contributed by atoms with E-state index in [0.717, 1.165) is 27.4 Å². The zero-order chi connectivity index (χ0) is 14.8.